The Kier molecular flexibility index (Phi) is 7.01. The van der Waals surface area contributed by atoms with E-state index in [1.807, 2.05) is 36.9 Å². The number of amides is 1. The molecule has 26 heavy (non-hydrogen) atoms. The van der Waals surface area contributed by atoms with Crippen molar-refractivity contribution in [3.8, 4) is 5.75 Å². The number of carbonyl (C=O) groups is 1. The fourth-order valence-electron chi connectivity index (χ4n) is 3.26. The monoisotopic (exact) mass is 369 g/mol. The molecule has 1 aliphatic carbocycles. The van der Waals surface area contributed by atoms with Gasteiger partial charge >= 0.3 is 0 Å². The van der Waals surface area contributed by atoms with Gasteiger partial charge in [-0.2, -0.15) is 11.8 Å². The van der Waals surface area contributed by atoms with Crippen LogP contribution in [-0.2, 0) is 23.4 Å². The minimum absolute atomic E-state index is 0.0428. The zero-order chi connectivity index (χ0) is 18.2. The minimum atomic E-state index is -0.470. The topological polar surface area (TPSA) is 38.3 Å². The van der Waals surface area contributed by atoms with Crippen molar-refractivity contribution >= 4 is 17.7 Å². The smallest absolute Gasteiger partial charge is 0.260 e. The Morgan fingerprint density at radius 1 is 1.12 bits per heavy atom. The van der Waals surface area contributed by atoms with Crippen LogP contribution in [0.25, 0.3) is 0 Å². The van der Waals surface area contributed by atoms with Crippen molar-refractivity contribution in [2.75, 3.05) is 12.3 Å². The average molecular weight is 370 g/mol. The van der Waals surface area contributed by atoms with Gasteiger partial charge in [-0.3, -0.25) is 4.79 Å². The molecule has 0 aliphatic heterocycles. The number of thioether (sulfide) groups is 1. The summed E-state index contributed by atoms with van der Waals surface area (Å²) in [4.78, 5) is 12.3. The molecule has 0 unspecified atom stereocenters. The maximum absolute atomic E-state index is 12.3. The zero-order valence-electron chi connectivity index (χ0n) is 15.4. The van der Waals surface area contributed by atoms with Gasteiger partial charge in [-0.1, -0.05) is 42.5 Å². The van der Waals surface area contributed by atoms with Crippen molar-refractivity contribution in [3.05, 3.63) is 65.2 Å². The third kappa shape index (κ3) is 5.28. The fraction of sp³-hybridized carbons (Fsp3) is 0.409. The Bertz CT molecular complexity index is 717. The third-order valence-electron chi connectivity index (χ3n) is 4.68. The number of carbonyl (C=O) groups excluding carboxylic acids is 1. The third-order valence-corrected chi connectivity index (χ3v) is 5.71. The number of ether oxygens (including phenoxy) is 1. The highest BCUT2D eigenvalue weighted by Gasteiger charge is 2.19. The lowest BCUT2D eigenvalue weighted by molar-refractivity contribution is -0.127. The molecule has 3 rings (SSSR count). The summed E-state index contributed by atoms with van der Waals surface area (Å²) >= 11 is 1.83. The normalized spacial score (nSPS) is 14.3. The second-order valence-corrected chi connectivity index (χ2v) is 7.80. The van der Waals surface area contributed by atoms with Gasteiger partial charge in [0.15, 0.2) is 6.10 Å². The van der Waals surface area contributed by atoms with Crippen molar-refractivity contribution in [1.82, 2.24) is 5.32 Å². The van der Waals surface area contributed by atoms with Crippen LogP contribution in [0.1, 0.15) is 36.5 Å². The largest absolute Gasteiger partial charge is 0.481 e. The molecule has 0 radical (unpaired) electrons. The first-order chi connectivity index (χ1) is 12.7. The number of fused-ring (bicyclic) bond motifs is 1. The maximum atomic E-state index is 12.3. The molecule has 1 aliphatic rings. The van der Waals surface area contributed by atoms with E-state index in [-0.39, 0.29) is 5.91 Å². The maximum Gasteiger partial charge on any atom is 0.260 e. The molecule has 1 N–H and O–H groups in total. The lowest BCUT2D eigenvalue weighted by atomic mass is 9.91. The molecule has 1 amide bonds. The molecule has 0 spiro atoms. The predicted molar refractivity (Wildman–Crippen MR) is 109 cm³/mol. The van der Waals surface area contributed by atoms with E-state index in [4.69, 9.17) is 4.74 Å². The molecule has 4 heteroatoms. The average Bonchev–Trinajstić information content (AvgIpc) is 2.68. The van der Waals surface area contributed by atoms with Crippen LogP contribution in [-0.4, -0.2) is 24.3 Å². The zero-order valence-corrected chi connectivity index (χ0v) is 16.2. The second kappa shape index (κ2) is 9.67. The standard InChI is InChI=1S/C22H27NO2S/c1-17(25-21-13-7-11-19-10-5-6-12-20(19)21)22(24)23-14-15-26-16-18-8-3-2-4-9-18/h2-4,7-9,11,13,17H,5-6,10,12,14-16H2,1H3,(H,23,24)/t17-/m0/s1. The molecular formula is C22H27NO2S. The first-order valence-electron chi connectivity index (χ1n) is 9.41. The number of benzene rings is 2. The summed E-state index contributed by atoms with van der Waals surface area (Å²) in [7, 11) is 0. The summed E-state index contributed by atoms with van der Waals surface area (Å²) in [5.74, 6) is 2.70. The van der Waals surface area contributed by atoms with Gasteiger partial charge in [0.05, 0.1) is 0 Å². The summed E-state index contributed by atoms with van der Waals surface area (Å²) in [6, 6.07) is 16.6. The predicted octanol–water partition coefficient (Wildman–Crippen LogP) is 4.38. The van der Waals surface area contributed by atoms with Crippen LogP contribution < -0.4 is 10.1 Å². The SMILES string of the molecule is C[C@H](Oc1cccc2c1CCCC2)C(=O)NCCSCc1ccccc1. The molecule has 138 valence electrons. The van der Waals surface area contributed by atoms with Gasteiger partial charge < -0.3 is 10.1 Å². The van der Waals surface area contributed by atoms with Crippen LogP contribution in [0.4, 0.5) is 0 Å². The Hall–Kier alpha value is -1.94. The van der Waals surface area contributed by atoms with Crippen molar-refractivity contribution in [2.24, 2.45) is 0 Å². The van der Waals surface area contributed by atoms with E-state index in [0.29, 0.717) is 6.54 Å². The van der Waals surface area contributed by atoms with Gasteiger partial charge in [0.25, 0.3) is 5.91 Å². The summed E-state index contributed by atoms with van der Waals surface area (Å²) in [6.45, 7) is 2.49. The number of aryl methyl sites for hydroxylation is 1. The molecular weight excluding hydrogens is 342 g/mol. The lowest BCUT2D eigenvalue weighted by Crippen LogP contribution is -2.37. The molecule has 0 aromatic heterocycles. The van der Waals surface area contributed by atoms with Gasteiger partial charge in [0.2, 0.25) is 0 Å². The van der Waals surface area contributed by atoms with E-state index >= 15 is 0 Å². The molecule has 2 aromatic rings. The highest BCUT2D eigenvalue weighted by molar-refractivity contribution is 7.98. The summed E-state index contributed by atoms with van der Waals surface area (Å²) in [5.41, 5.74) is 3.98. The van der Waals surface area contributed by atoms with E-state index < -0.39 is 6.10 Å². The van der Waals surface area contributed by atoms with E-state index in [2.05, 4.69) is 35.6 Å². The quantitative estimate of drug-likeness (QED) is 0.702. The highest BCUT2D eigenvalue weighted by atomic mass is 32.2. The first kappa shape index (κ1) is 18.8. The van der Waals surface area contributed by atoms with Crippen molar-refractivity contribution in [1.29, 1.82) is 0 Å². The van der Waals surface area contributed by atoms with Crippen LogP contribution >= 0.6 is 11.8 Å². The number of nitrogens with one attached hydrogen (secondary N) is 1. The molecule has 0 fully saturated rings. The van der Waals surface area contributed by atoms with E-state index in [9.17, 15) is 4.79 Å². The van der Waals surface area contributed by atoms with E-state index in [1.165, 1.54) is 29.5 Å². The molecule has 0 heterocycles. The van der Waals surface area contributed by atoms with Crippen LogP contribution in [0, 0.1) is 0 Å². The van der Waals surface area contributed by atoms with E-state index in [1.54, 1.807) is 0 Å². The first-order valence-corrected chi connectivity index (χ1v) is 10.6. The Morgan fingerprint density at radius 2 is 1.92 bits per heavy atom. The second-order valence-electron chi connectivity index (χ2n) is 6.69. The van der Waals surface area contributed by atoms with Crippen molar-refractivity contribution in [2.45, 2.75) is 44.5 Å². The lowest BCUT2D eigenvalue weighted by Gasteiger charge is -2.22. The summed E-state index contributed by atoms with van der Waals surface area (Å²) < 4.78 is 5.98. The summed E-state index contributed by atoms with van der Waals surface area (Å²) in [5, 5.41) is 2.98. The minimum Gasteiger partial charge on any atom is -0.481 e. The van der Waals surface area contributed by atoms with E-state index in [0.717, 1.165) is 30.1 Å². The van der Waals surface area contributed by atoms with Crippen LogP contribution in [0.3, 0.4) is 0 Å². The molecule has 3 nitrogen and oxygen atoms in total. The number of hydrogen-bond acceptors (Lipinski definition) is 3. The van der Waals surface area contributed by atoms with Crippen LogP contribution in [0.2, 0.25) is 0 Å². The molecule has 0 bridgehead atoms. The highest BCUT2D eigenvalue weighted by Crippen LogP contribution is 2.30. The fourth-order valence-corrected chi connectivity index (χ4v) is 4.07. The molecule has 2 aromatic carbocycles. The Labute approximate surface area is 160 Å². The van der Waals surface area contributed by atoms with Gasteiger partial charge in [-0.15, -0.1) is 0 Å². The molecule has 1 atom stereocenters. The Morgan fingerprint density at radius 3 is 2.77 bits per heavy atom. The van der Waals surface area contributed by atoms with Gasteiger partial charge in [0.1, 0.15) is 5.75 Å². The number of hydrogen-bond donors (Lipinski definition) is 1. The van der Waals surface area contributed by atoms with Crippen LogP contribution in [0.15, 0.2) is 48.5 Å². The molecule has 0 saturated heterocycles. The van der Waals surface area contributed by atoms with Crippen molar-refractivity contribution < 1.29 is 9.53 Å². The Balaban J connectivity index is 1.41. The molecule has 0 saturated carbocycles. The van der Waals surface area contributed by atoms with Gasteiger partial charge in [-0.05, 0) is 55.4 Å². The number of rotatable bonds is 8. The van der Waals surface area contributed by atoms with Gasteiger partial charge in [-0.25, -0.2) is 0 Å². The summed E-state index contributed by atoms with van der Waals surface area (Å²) in [6.07, 6.45) is 4.14. The van der Waals surface area contributed by atoms with Crippen molar-refractivity contribution in [3.63, 3.8) is 0 Å². The van der Waals surface area contributed by atoms with Gasteiger partial charge in [0, 0.05) is 18.1 Å². The van der Waals surface area contributed by atoms with Crippen LogP contribution in [0.5, 0.6) is 5.75 Å².